The van der Waals surface area contributed by atoms with Gasteiger partial charge in [0.15, 0.2) is 0 Å². The molecule has 0 aliphatic heterocycles. The van der Waals surface area contributed by atoms with Gasteiger partial charge in [-0.2, -0.15) is 0 Å². The van der Waals surface area contributed by atoms with E-state index in [4.69, 9.17) is 0 Å². The van der Waals surface area contributed by atoms with Gasteiger partial charge in [0.05, 0.1) is 0 Å². The molecule has 2 nitrogen and oxygen atoms in total. The number of alkyl halides is 1. The Bertz CT molecular complexity index is 245. The summed E-state index contributed by atoms with van der Waals surface area (Å²) in [5, 5.41) is 0.919. The van der Waals surface area contributed by atoms with Crippen molar-refractivity contribution >= 4 is 21.8 Å². The van der Waals surface area contributed by atoms with Crippen LogP contribution in [0.2, 0.25) is 0 Å². The number of hydrogen-bond donors (Lipinski definition) is 0. The first-order chi connectivity index (χ1) is 8.33. The Morgan fingerprint density at radius 2 is 1.65 bits per heavy atom. The zero-order valence-corrected chi connectivity index (χ0v) is 12.3. The lowest BCUT2D eigenvalue weighted by molar-refractivity contribution is -0.139. The van der Waals surface area contributed by atoms with Crippen LogP contribution in [-0.2, 0) is 4.79 Å². The van der Waals surface area contributed by atoms with Gasteiger partial charge in [-0.1, -0.05) is 41.6 Å². The van der Waals surface area contributed by atoms with E-state index in [1.807, 2.05) is 0 Å². The fourth-order valence-electron chi connectivity index (χ4n) is 3.02. The van der Waals surface area contributed by atoms with Crippen LogP contribution in [0.15, 0.2) is 0 Å². The van der Waals surface area contributed by atoms with Gasteiger partial charge in [0.2, 0.25) is 5.91 Å². The van der Waals surface area contributed by atoms with Crippen molar-refractivity contribution < 1.29 is 4.79 Å². The van der Waals surface area contributed by atoms with Crippen LogP contribution in [0.3, 0.4) is 0 Å². The van der Waals surface area contributed by atoms with Crippen LogP contribution >= 0.6 is 15.9 Å². The minimum Gasteiger partial charge on any atom is -0.339 e. The van der Waals surface area contributed by atoms with E-state index in [-0.39, 0.29) is 0 Å². The molecule has 0 heterocycles. The van der Waals surface area contributed by atoms with E-state index in [9.17, 15) is 4.79 Å². The molecule has 1 amide bonds. The molecular weight excluding hydrogens is 278 g/mol. The molecular formula is C14H24BrNO. The summed E-state index contributed by atoms with van der Waals surface area (Å²) in [5.41, 5.74) is 0. The second-order valence-corrected chi connectivity index (χ2v) is 6.29. The molecule has 3 heteroatoms. The number of carbonyl (C=O) groups excluding carboxylic acids is 1. The molecule has 0 saturated heterocycles. The zero-order valence-electron chi connectivity index (χ0n) is 10.7. The van der Waals surface area contributed by atoms with Crippen molar-refractivity contribution in [2.24, 2.45) is 5.92 Å². The first kappa shape index (κ1) is 13.4. The molecule has 0 N–H and O–H groups in total. The Morgan fingerprint density at radius 3 is 2.12 bits per heavy atom. The number of amides is 1. The molecule has 2 aliphatic carbocycles. The largest absolute Gasteiger partial charge is 0.339 e. The molecule has 17 heavy (non-hydrogen) atoms. The van der Waals surface area contributed by atoms with Crippen molar-refractivity contribution in [2.75, 3.05) is 11.9 Å². The second-order valence-electron chi connectivity index (χ2n) is 5.49. The maximum atomic E-state index is 12.6. The highest BCUT2D eigenvalue weighted by Gasteiger charge is 2.32. The van der Waals surface area contributed by atoms with Crippen LogP contribution < -0.4 is 0 Å². The van der Waals surface area contributed by atoms with Crippen molar-refractivity contribution in [3.05, 3.63) is 0 Å². The summed E-state index contributed by atoms with van der Waals surface area (Å²) in [6.07, 6.45) is 11.2. The summed E-state index contributed by atoms with van der Waals surface area (Å²) in [4.78, 5) is 14.8. The Balaban J connectivity index is 1.93. The summed E-state index contributed by atoms with van der Waals surface area (Å²) < 4.78 is 0. The molecule has 0 aromatic rings. The second kappa shape index (κ2) is 6.77. The molecule has 0 bridgehead atoms. The van der Waals surface area contributed by atoms with Crippen molar-refractivity contribution in [1.82, 2.24) is 4.90 Å². The summed E-state index contributed by atoms with van der Waals surface area (Å²) in [5.74, 6) is 0.785. The average molecular weight is 302 g/mol. The number of rotatable bonds is 4. The lowest BCUT2D eigenvalue weighted by atomic mass is 9.89. The van der Waals surface area contributed by atoms with Crippen LogP contribution in [0, 0.1) is 5.92 Å². The van der Waals surface area contributed by atoms with Crippen LogP contribution in [0.5, 0.6) is 0 Å². The fraction of sp³-hybridized carbons (Fsp3) is 0.929. The summed E-state index contributed by atoms with van der Waals surface area (Å²) in [6.45, 7) is 0.903. The van der Waals surface area contributed by atoms with Gasteiger partial charge in [-0.25, -0.2) is 0 Å². The van der Waals surface area contributed by atoms with Crippen LogP contribution in [-0.4, -0.2) is 28.7 Å². The molecule has 0 unspecified atom stereocenters. The highest BCUT2D eigenvalue weighted by Crippen LogP contribution is 2.30. The standard InChI is InChI=1S/C14H24BrNO/c15-10-11-16(13-8-5-9-13)14(17)12-6-3-1-2-4-7-12/h12-13H,1-11H2. The van der Waals surface area contributed by atoms with Gasteiger partial charge >= 0.3 is 0 Å². The Kier molecular flexibility index (Phi) is 5.33. The van der Waals surface area contributed by atoms with E-state index < -0.39 is 0 Å². The van der Waals surface area contributed by atoms with E-state index in [1.165, 1.54) is 44.9 Å². The van der Waals surface area contributed by atoms with E-state index in [1.54, 1.807) is 0 Å². The van der Waals surface area contributed by atoms with Crippen molar-refractivity contribution in [1.29, 1.82) is 0 Å². The summed E-state index contributed by atoms with van der Waals surface area (Å²) in [7, 11) is 0. The quantitative estimate of drug-likeness (QED) is 0.572. The highest BCUT2D eigenvalue weighted by atomic mass is 79.9. The average Bonchev–Trinajstić information content (AvgIpc) is 2.53. The van der Waals surface area contributed by atoms with Crippen LogP contribution in [0.4, 0.5) is 0 Å². The van der Waals surface area contributed by atoms with Crippen LogP contribution in [0.25, 0.3) is 0 Å². The number of nitrogens with zero attached hydrogens (tertiary/aromatic N) is 1. The van der Waals surface area contributed by atoms with Crippen molar-refractivity contribution in [3.8, 4) is 0 Å². The maximum Gasteiger partial charge on any atom is 0.225 e. The third kappa shape index (κ3) is 3.46. The lowest BCUT2D eigenvalue weighted by Crippen LogP contribution is -2.47. The van der Waals surface area contributed by atoms with E-state index in [0.717, 1.165) is 24.7 Å². The lowest BCUT2D eigenvalue weighted by Gasteiger charge is -2.39. The Labute approximate surface area is 113 Å². The van der Waals surface area contributed by atoms with Gasteiger partial charge in [0.25, 0.3) is 0 Å². The number of halogens is 1. The van der Waals surface area contributed by atoms with E-state index >= 15 is 0 Å². The normalized spacial score (nSPS) is 22.9. The van der Waals surface area contributed by atoms with E-state index in [2.05, 4.69) is 20.8 Å². The predicted octanol–water partition coefficient (Wildman–Crippen LogP) is 3.73. The third-order valence-electron chi connectivity index (χ3n) is 4.33. The molecule has 0 aromatic heterocycles. The minimum atomic E-state index is 0.331. The topological polar surface area (TPSA) is 20.3 Å². The Morgan fingerprint density at radius 1 is 1.00 bits per heavy atom. The smallest absolute Gasteiger partial charge is 0.225 e. The predicted molar refractivity (Wildman–Crippen MR) is 74.3 cm³/mol. The van der Waals surface area contributed by atoms with Gasteiger partial charge in [-0.15, -0.1) is 0 Å². The molecule has 2 fully saturated rings. The fourth-order valence-corrected chi connectivity index (χ4v) is 3.41. The minimum absolute atomic E-state index is 0.331. The van der Waals surface area contributed by atoms with Crippen molar-refractivity contribution in [3.63, 3.8) is 0 Å². The molecule has 0 aromatic carbocycles. The summed E-state index contributed by atoms with van der Waals surface area (Å²) in [6, 6.07) is 0.559. The van der Waals surface area contributed by atoms with Crippen LogP contribution in [0.1, 0.15) is 57.8 Å². The maximum absolute atomic E-state index is 12.6. The first-order valence-electron chi connectivity index (χ1n) is 7.19. The van der Waals surface area contributed by atoms with Gasteiger partial charge < -0.3 is 4.90 Å². The van der Waals surface area contributed by atoms with Gasteiger partial charge in [0.1, 0.15) is 0 Å². The zero-order chi connectivity index (χ0) is 12.1. The number of carbonyl (C=O) groups is 1. The SMILES string of the molecule is O=C(C1CCCCCC1)N(CCBr)C1CCC1. The molecule has 2 rings (SSSR count). The third-order valence-corrected chi connectivity index (χ3v) is 4.68. The molecule has 0 spiro atoms. The highest BCUT2D eigenvalue weighted by molar-refractivity contribution is 9.09. The molecule has 0 radical (unpaired) electrons. The molecule has 2 aliphatic rings. The van der Waals surface area contributed by atoms with Crippen molar-refractivity contribution in [2.45, 2.75) is 63.8 Å². The first-order valence-corrected chi connectivity index (χ1v) is 8.31. The number of hydrogen-bond acceptors (Lipinski definition) is 1. The van der Waals surface area contributed by atoms with E-state index in [0.29, 0.717) is 17.9 Å². The molecule has 2 saturated carbocycles. The Hall–Kier alpha value is -0.0500. The monoisotopic (exact) mass is 301 g/mol. The summed E-state index contributed by atoms with van der Waals surface area (Å²) >= 11 is 3.49. The van der Waals surface area contributed by atoms with Gasteiger partial charge in [-0.05, 0) is 32.1 Å². The van der Waals surface area contributed by atoms with Gasteiger partial charge in [0, 0.05) is 23.8 Å². The molecule has 98 valence electrons. The van der Waals surface area contributed by atoms with Gasteiger partial charge in [-0.3, -0.25) is 4.79 Å². The molecule has 0 atom stereocenters.